The standard InChI is InChI=1S/C6H20N2O12P4/c9-21(10,11)3-7(4-22(12,13)14)1-2-8(5-23(15,16)17)6-24(18,19)20/h1-6H2,(H2,9,10,11)(H2,12,13,14)(H2,15,16,17)(H2,18,19,20)/p-4. The lowest BCUT2D eigenvalue weighted by molar-refractivity contribution is -0.318. The molecule has 146 valence electrons. The van der Waals surface area contributed by atoms with Gasteiger partial charge in [-0.3, -0.25) is 9.80 Å². The number of hydrogen-bond donors (Lipinski definition) is 2. The van der Waals surface area contributed by atoms with Crippen LogP contribution >= 0.6 is 30.4 Å². The summed E-state index contributed by atoms with van der Waals surface area (Å²) in [6, 6.07) is 0. The summed E-state index contributed by atoms with van der Waals surface area (Å²) < 4.78 is 39.1. The van der Waals surface area contributed by atoms with Gasteiger partial charge in [0.15, 0.2) is 0 Å². The monoisotopic (exact) mass is 432 g/mol. The van der Waals surface area contributed by atoms with Gasteiger partial charge in [0.05, 0.1) is 0 Å². The molecule has 0 heterocycles. The molecular weight excluding hydrogens is 416 g/mol. The lowest BCUT2D eigenvalue weighted by Gasteiger charge is -2.39. The fourth-order valence-electron chi connectivity index (χ4n) is 1.67. The van der Waals surface area contributed by atoms with Crippen molar-refractivity contribution in [3.05, 3.63) is 0 Å². The highest BCUT2D eigenvalue weighted by Crippen LogP contribution is 2.35. The van der Waals surface area contributed by atoms with E-state index in [4.69, 9.17) is 18.9 Å². The Morgan fingerprint density at radius 3 is 1.08 bits per heavy atom. The summed E-state index contributed by atoms with van der Waals surface area (Å²) in [6.45, 7) is -1.28. The lowest BCUT2D eigenvalue weighted by atomic mass is 10.5. The summed E-state index contributed by atoms with van der Waals surface area (Å²) in [6.07, 6.45) is -4.90. The second-order valence-electron chi connectivity index (χ2n) is 4.91. The highest BCUT2D eigenvalue weighted by atomic mass is 31.2. The second-order valence-corrected chi connectivity index (χ2v) is 11.1. The van der Waals surface area contributed by atoms with Crippen molar-refractivity contribution in [3.8, 4) is 0 Å². The zero-order valence-corrected chi connectivity index (χ0v) is 15.6. The van der Waals surface area contributed by atoms with Gasteiger partial charge in [-0.05, 0) is 0 Å². The minimum Gasteiger partial charge on any atom is -0.810 e. The van der Waals surface area contributed by atoms with Gasteiger partial charge in [-0.15, -0.1) is 0 Å². The van der Waals surface area contributed by atoms with E-state index in [2.05, 4.69) is 0 Å². The fraction of sp³-hybridized carbons (Fsp3) is 1.00. The Morgan fingerprint density at radius 1 is 0.667 bits per heavy atom. The molecule has 0 aromatic heterocycles. The van der Waals surface area contributed by atoms with Crippen LogP contribution < -0.4 is 29.4 Å². The minimum atomic E-state index is -5.22. The summed E-state index contributed by atoms with van der Waals surface area (Å²) in [5.74, 6) is 0. The molecule has 0 aliphatic rings. The molecule has 4 N–H and O–H groups in total. The van der Waals surface area contributed by atoms with Gasteiger partial charge >= 0.3 is 15.2 Å². The summed E-state index contributed by atoms with van der Waals surface area (Å²) in [4.78, 5) is 83.3. The molecule has 0 amide bonds. The SMILES string of the molecule is O=P([O-])([O-])CN(CCN(CP(=O)([O-])[O-])CP([O-])(O)=[OH+])CP([O-])(O)=[OH+]. The quantitative estimate of drug-likeness (QED) is 0.228. The predicted octanol–water partition coefficient (Wildman–Crippen LogP) is -5.78. The Kier molecular flexibility index (Phi) is 9.14. The molecule has 0 rings (SSSR count). The van der Waals surface area contributed by atoms with E-state index in [1.165, 1.54) is 0 Å². The van der Waals surface area contributed by atoms with E-state index in [1.54, 1.807) is 0 Å². The van der Waals surface area contributed by atoms with Crippen LogP contribution in [0, 0.1) is 0 Å². The molecule has 0 fully saturated rings. The van der Waals surface area contributed by atoms with Crippen LogP contribution in [-0.2, 0) is 9.13 Å². The van der Waals surface area contributed by atoms with Crippen molar-refractivity contribution in [1.82, 2.24) is 9.80 Å². The van der Waals surface area contributed by atoms with E-state index in [0.717, 1.165) is 0 Å². The summed E-state index contributed by atoms with van der Waals surface area (Å²) >= 11 is 0. The molecule has 0 spiro atoms. The average Bonchev–Trinajstić information content (AvgIpc) is 2.16. The Bertz CT molecular complexity index is 486. The third-order valence-corrected chi connectivity index (χ3v) is 5.28. The Morgan fingerprint density at radius 2 is 0.917 bits per heavy atom. The zero-order chi connectivity index (χ0) is 19.4. The molecule has 2 atom stereocenters. The van der Waals surface area contributed by atoms with Crippen molar-refractivity contribution in [2.24, 2.45) is 0 Å². The maximum atomic E-state index is 10.9. The summed E-state index contributed by atoms with van der Waals surface area (Å²) in [5.41, 5.74) is 0. The van der Waals surface area contributed by atoms with Crippen molar-refractivity contribution < 1.29 is 57.4 Å². The van der Waals surface area contributed by atoms with Crippen molar-refractivity contribution in [2.75, 3.05) is 38.2 Å². The Balaban J connectivity index is 5.07. The molecule has 0 saturated heterocycles. The van der Waals surface area contributed by atoms with E-state index >= 15 is 0 Å². The number of hydrogen-bond acceptors (Lipinski definition) is 10. The fourth-order valence-corrected chi connectivity index (χ4v) is 4.97. The van der Waals surface area contributed by atoms with Gasteiger partial charge in [-0.25, -0.2) is 0 Å². The first-order chi connectivity index (χ1) is 10.4. The van der Waals surface area contributed by atoms with Crippen molar-refractivity contribution >= 4 is 30.4 Å². The minimum absolute atomic E-state index is 0.481. The first-order valence-electron chi connectivity index (χ1n) is 5.92. The molecule has 0 radical (unpaired) electrons. The van der Waals surface area contributed by atoms with Crippen LogP contribution in [0.25, 0.3) is 0 Å². The lowest BCUT2D eigenvalue weighted by Crippen LogP contribution is -2.41. The molecule has 0 aliphatic heterocycles. The Hall–Kier alpha value is 0.520. The average molecular weight is 432 g/mol. The third kappa shape index (κ3) is 16.0. The Labute approximate surface area is 136 Å². The van der Waals surface area contributed by atoms with E-state index in [0.29, 0.717) is 9.80 Å². The maximum Gasteiger partial charge on any atom is 0.315 e. The van der Waals surface area contributed by atoms with Crippen molar-refractivity contribution in [3.63, 3.8) is 0 Å². The van der Waals surface area contributed by atoms with Gasteiger partial charge in [0, 0.05) is 25.7 Å². The molecule has 0 saturated carbocycles. The van der Waals surface area contributed by atoms with Crippen LogP contribution in [0.5, 0.6) is 0 Å². The molecule has 0 aromatic carbocycles. The molecule has 0 aromatic rings. The van der Waals surface area contributed by atoms with Crippen LogP contribution in [0.15, 0.2) is 0 Å². The highest BCUT2D eigenvalue weighted by Gasteiger charge is 2.22. The molecule has 24 heavy (non-hydrogen) atoms. The largest absolute Gasteiger partial charge is 0.810 e. The predicted molar refractivity (Wildman–Crippen MR) is 70.2 cm³/mol. The number of nitrogens with zero attached hydrogens (tertiary/aromatic N) is 2. The van der Waals surface area contributed by atoms with Gasteiger partial charge in [0.1, 0.15) is 12.6 Å². The molecule has 2 unspecified atom stereocenters. The van der Waals surface area contributed by atoms with E-state index in [1.807, 2.05) is 0 Å². The van der Waals surface area contributed by atoms with E-state index in [9.17, 15) is 38.5 Å². The van der Waals surface area contributed by atoms with Gasteiger partial charge in [-0.1, -0.05) is 15.2 Å². The summed E-state index contributed by atoms with van der Waals surface area (Å²) in [7, 11) is -20.0. The molecule has 0 bridgehead atoms. The van der Waals surface area contributed by atoms with Gasteiger partial charge in [-0.2, -0.15) is 0 Å². The van der Waals surface area contributed by atoms with Crippen LogP contribution in [0.3, 0.4) is 0 Å². The maximum absolute atomic E-state index is 10.9. The second kappa shape index (κ2) is 8.94. The van der Waals surface area contributed by atoms with Crippen LogP contribution in [0.2, 0.25) is 0 Å². The van der Waals surface area contributed by atoms with E-state index < -0.39 is 68.6 Å². The highest BCUT2D eigenvalue weighted by molar-refractivity contribution is 7.51. The number of rotatable bonds is 11. The first kappa shape index (κ1) is 24.5. The van der Waals surface area contributed by atoms with E-state index in [-0.39, 0.29) is 0 Å². The van der Waals surface area contributed by atoms with Crippen LogP contribution in [-0.4, -0.2) is 66.9 Å². The molecule has 0 aliphatic carbocycles. The normalized spacial score (nSPS) is 18.6. The first-order valence-corrected chi connectivity index (χ1v) is 13.0. The molecule has 14 nitrogen and oxygen atoms in total. The smallest absolute Gasteiger partial charge is 0.315 e. The summed E-state index contributed by atoms with van der Waals surface area (Å²) in [5, 5.41) is 0. The van der Waals surface area contributed by atoms with Gasteiger partial charge in [0.25, 0.3) is 0 Å². The third-order valence-electron chi connectivity index (χ3n) is 2.25. The zero-order valence-electron chi connectivity index (χ0n) is 12.0. The topological polar surface area (TPSA) is 262 Å². The van der Waals surface area contributed by atoms with Crippen molar-refractivity contribution in [1.29, 1.82) is 0 Å². The van der Waals surface area contributed by atoms with Crippen LogP contribution in [0.1, 0.15) is 0 Å². The van der Waals surface area contributed by atoms with Gasteiger partial charge in [0.2, 0.25) is 0 Å². The van der Waals surface area contributed by atoms with Crippen LogP contribution in [0.4, 0.5) is 0 Å². The van der Waals surface area contributed by atoms with Crippen molar-refractivity contribution in [2.45, 2.75) is 0 Å². The van der Waals surface area contributed by atoms with Gasteiger partial charge < -0.3 is 57.4 Å². The molecular formula is C6H16N2O12P4-4. The molecule has 18 heteroatoms.